The summed E-state index contributed by atoms with van der Waals surface area (Å²) >= 11 is 8.97. The molecule has 1 aromatic carbocycles. The van der Waals surface area contributed by atoms with Crippen LogP contribution in [0.4, 0.5) is 27.6 Å². The average Bonchev–Trinajstić information content (AvgIpc) is 2.21. The Morgan fingerprint density at radius 3 is 1.79 bits per heavy atom. The van der Waals surface area contributed by atoms with E-state index >= 15 is 0 Å². The van der Waals surface area contributed by atoms with Crippen molar-refractivity contribution in [2.75, 3.05) is 5.32 Å². The quantitative estimate of drug-likeness (QED) is 0.592. The van der Waals surface area contributed by atoms with Crippen LogP contribution in [0.5, 0.6) is 0 Å². The number of hydrogen-bond acceptors (Lipinski definition) is 1. The van der Waals surface area contributed by atoms with Crippen molar-refractivity contribution in [1.29, 1.82) is 0 Å². The van der Waals surface area contributed by atoms with Crippen LogP contribution in [0.3, 0.4) is 0 Å². The fourth-order valence-electron chi connectivity index (χ4n) is 0.982. The largest absolute Gasteiger partial charge is 0.463 e. The third-order valence-electron chi connectivity index (χ3n) is 1.89. The predicted octanol–water partition coefficient (Wildman–Crippen LogP) is 5.11. The normalized spacial score (nSPS) is 12.4. The standard InChI is InChI=1S/C9H3Br3F5NO/c10-3-1-4(11)6(5(12)2-3)18-7(19)8(13,14)9(15,16)17/h1-2H,(H,18,19). The molecule has 1 rings (SSSR count). The topological polar surface area (TPSA) is 29.1 Å². The average molecular weight is 476 g/mol. The van der Waals surface area contributed by atoms with Gasteiger partial charge in [-0.3, -0.25) is 4.79 Å². The van der Waals surface area contributed by atoms with Gasteiger partial charge in [-0.25, -0.2) is 0 Å². The molecule has 0 saturated heterocycles. The highest BCUT2D eigenvalue weighted by Gasteiger charge is 2.63. The number of benzene rings is 1. The van der Waals surface area contributed by atoms with Crippen molar-refractivity contribution >= 4 is 59.4 Å². The Morgan fingerprint density at radius 2 is 1.42 bits per heavy atom. The van der Waals surface area contributed by atoms with E-state index in [-0.39, 0.29) is 14.6 Å². The number of rotatable bonds is 2. The van der Waals surface area contributed by atoms with Crippen molar-refractivity contribution in [2.24, 2.45) is 0 Å². The van der Waals surface area contributed by atoms with Gasteiger partial charge in [0.25, 0.3) is 0 Å². The van der Waals surface area contributed by atoms with Crippen LogP contribution >= 0.6 is 47.8 Å². The number of amides is 1. The molecule has 0 bridgehead atoms. The highest BCUT2D eigenvalue weighted by atomic mass is 79.9. The Morgan fingerprint density at radius 1 is 1.00 bits per heavy atom. The Hall–Kier alpha value is -0.220. The lowest BCUT2D eigenvalue weighted by Gasteiger charge is -2.19. The van der Waals surface area contributed by atoms with Crippen molar-refractivity contribution < 1.29 is 26.7 Å². The van der Waals surface area contributed by atoms with E-state index in [0.717, 1.165) is 0 Å². The Balaban J connectivity index is 3.08. The van der Waals surface area contributed by atoms with Gasteiger partial charge in [-0.2, -0.15) is 22.0 Å². The molecule has 10 heteroatoms. The van der Waals surface area contributed by atoms with E-state index in [1.165, 1.54) is 17.4 Å². The van der Waals surface area contributed by atoms with Gasteiger partial charge in [0, 0.05) is 13.4 Å². The highest BCUT2D eigenvalue weighted by Crippen LogP contribution is 2.39. The number of halogens is 8. The second-order valence-corrected chi connectivity index (χ2v) is 5.90. The first-order chi connectivity index (χ1) is 8.46. The lowest BCUT2D eigenvalue weighted by Crippen LogP contribution is -2.47. The van der Waals surface area contributed by atoms with Crippen molar-refractivity contribution in [3.63, 3.8) is 0 Å². The first kappa shape index (κ1) is 16.8. The van der Waals surface area contributed by atoms with Gasteiger partial charge in [-0.1, -0.05) is 15.9 Å². The third kappa shape index (κ3) is 3.66. The van der Waals surface area contributed by atoms with E-state index in [1.54, 1.807) is 0 Å². The van der Waals surface area contributed by atoms with Crippen molar-refractivity contribution in [2.45, 2.75) is 12.1 Å². The zero-order chi connectivity index (χ0) is 15.0. The number of hydrogen-bond donors (Lipinski definition) is 1. The molecule has 106 valence electrons. The van der Waals surface area contributed by atoms with Crippen LogP contribution in [-0.4, -0.2) is 18.0 Å². The molecule has 0 heterocycles. The highest BCUT2D eigenvalue weighted by molar-refractivity contribution is 9.11. The number of carbonyl (C=O) groups is 1. The smallest absolute Gasteiger partial charge is 0.319 e. The van der Waals surface area contributed by atoms with Gasteiger partial charge in [0.1, 0.15) is 0 Å². The van der Waals surface area contributed by atoms with Crippen LogP contribution in [0.1, 0.15) is 0 Å². The fraction of sp³-hybridized carbons (Fsp3) is 0.222. The maximum atomic E-state index is 12.8. The summed E-state index contributed by atoms with van der Waals surface area (Å²) in [5.41, 5.74) is -0.225. The molecule has 0 unspecified atom stereocenters. The van der Waals surface area contributed by atoms with Crippen molar-refractivity contribution in [3.8, 4) is 0 Å². The lowest BCUT2D eigenvalue weighted by atomic mass is 10.2. The predicted molar refractivity (Wildman–Crippen MR) is 69.2 cm³/mol. The molecule has 0 aliphatic carbocycles. The maximum Gasteiger partial charge on any atom is 0.463 e. The molecular weight excluding hydrogens is 473 g/mol. The molecule has 0 aliphatic rings. The number of anilines is 1. The summed E-state index contributed by atoms with van der Waals surface area (Å²) in [4.78, 5) is 11.0. The van der Waals surface area contributed by atoms with Gasteiger partial charge < -0.3 is 5.32 Å². The van der Waals surface area contributed by atoms with Crippen LogP contribution in [0.15, 0.2) is 25.6 Å². The van der Waals surface area contributed by atoms with Crippen LogP contribution in [-0.2, 0) is 4.79 Å². The minimum absolute atomic E-state index is 0.139. The van der Waals surface area contributed by atoms with Crippen LogP contribution in [0.2, 0.25) is 0 Å². The summed E-state index contributed by atoms with van der Waals surface area (Å²) in [6, 6.07) is 2.76. The first-order valence-electron chi connectivity index (χ1n) is 4.37. The van der Waals surface area contributed by atoms with E-state index in [9.17, 15) is 26.7 Å². The molecule has 0 aliphatic heterocycles. The van der Waals surface area contributed by atoms with E-state index in [4.69, 9.17) is 0 Å². The summed E-state index contributed by atoms with van der Waals surface area (Å²) in [6.45, 7) is 0. The number of nitrogens with one attached hydrogen (secondary N) is 1. The Bertz CT molecular complexity index is 494. The summed E-state index contributed by atoms with van der Waals surface area (Å²) in [5.74, 6) is -7.93. The monoisotopic (exact) mass is 473 g/mol. The van der Waals surface area contributed by atoms with E-state index in [2.05, 4.69) is 47.8 Å². The molecule has 1 amide bonds. The van der Waals surface area contributed by atoms with Crippen LogP contribution in [0, 0.1) is 0 Å². The van der Waals surface area contributed by atoms with Crippen LogP contribution < -0.4 is 5.32 Å². The Kier molecular flexibility index (Phi) is 5.00. The van der Waals surface area contributed by atoms with Gasteiger partial charge >= 0.3 is 18.0 Å². The maximum absolute atomic E-state index is 12.8. The second-order valence-electron chi connectivity index (χ2n) is 3.27. The second kappa shape index (κ2) is 5.65. The molecule has 0 spiro atoms. The summed E-state index contributed by atoms with van der Waals surface area (Å²) in [6.07, 6.45) is -5.95. The van der Waals surface area contributed by atoms with Gasteiger partial charge in [0.2, 0.25) is 0 Å². The molecule has 0 fully saturated rings. The molecule has 0 saturated carbocycles. The summed E-state index contributed by atoms with van der Waals surface area (Å²) < 4.78 is 62.4. The van der Waals surface area contributed by atoms with Gasteiger partial charge in [-0.15, -0.1) is 0 Å². The van der Waals surface area contributed by atoms with Crippen molar-refractivity contribution in [3.05, 3.63) is 25.6 Å². The lowest BCUT2D eigenvalue weighted by molar-refractivity contribution is -0.267. The number of alkyl halides is 5. The third-order valence-corrected chi connectivity index (χ3v) is 3.60. The summed E-state index contributed by atoms with van der Waals surface area (Å²) in [7, 11) is 0. The molecule has 0 radical (unpaired) electrons. The fourth-order valence-corrected chi connectivity index (χ4v) is 3.44. The minimum atomic E-state index is -5.95. The van der Waals surface area contributed by atoms with Gasteiger partial charge in [0.05, 0.1) is 5.69 Å². The molecule has 1 N–H and O–H groups in total. The zero-order valence-electron chi connectivity index (χ0n) is 8.59. The molecule has 0 atom stereocenters. The van der Waals surface area contributed by atoms with E-state index < -0.39 is 18.0 Å². The van der Waals surface area contributed by atoms with Crippen molar-refractivity contribution in [1.82, 2.24) is 0 Å². The minimum Gasteiger partial charge on any atom is -0.319 e. The SMILES string of the molecule is O=C(Nc1c(Br)cc(Br)cc1Br)C(F)(F)C(F)(F)F. The molecular formula is C9H3Br3F5NO. The van der Waals surface area contributed by atoms with Gasteiger partial charge in [-0.05, 0) is 44.0 Å². The van der Waals surface area contributed by atoms with E-state index in [1.807, 2.05) is 0 Å². The van der Waals surface area contributed by atoms with Crippen LogP contribution in [0.25, 0.3) is 0 Å². The summed E-state index contributed by atoms with van der Waals surface area (Å²) in [5, 5.41) is 1.53. The zero-order valence-corrected chi connectivity index (χ0v) is 13.3. The Labute approximate surface area is 129 Å². The van der Waals surface area contributed by atoms with Gasteiger partial charge in [0.15, 0.2) is 0 Å². The van der Waals surface area contributed by atoms with E-state index in [0.29, 0.717) is 4.47 Å². The molecule has 1 aromatic rings. The molecule has 0 aromatic heterocycles. The molecule has 19 heavy (non-hydrogen) atoms. The number of carbonyl (C=O) groups excluding carboxylic acids is 1. The first-order valence-corrected chi connectivity index (χ1v) is 6.75. The molecule has 2 nitrogen and oxygen atoms in total.